The second-order valence-corrected chi connectivity index (χ2v) is 8.56. The van der Waals surface area contributed by atoms with Gasteiger partial charge in [-0.05, 0) is 49.9 Å². The highest BCUT2D eigenvalue weighted by Gasteiger charge is 2.28. The Kier molecular flexibility index (Phi) is 6.38. The van der Waals surface area contributed by atoms with Gasteiger partial charge in [-0.2, -0.15) is 4.31 Å². The molecule has 1 fully saturated rings. The van der Waals surface area contributed by atoms with Crippen molar-refractivity contribution in [2.24, 2.45) is 5.92 Å². The molecule has 1 heterocycles. The third-order valence-corrected chi connectivity index (χ3v) is 6.43. The Morgan fingerprint density at radius 3 is 2.23 bits per heavy atom. The van der Waals surface area contributed by atoms with E-state index in [1.165, 1.54) is 35.5 Å². The first kappa shape index (κ1) is 20.3. The number of carbonyl (C=O) groups excluding carboxylic acids is 2. The molecule has 0 unspecified atom stereocenters. The van der Waals surface area contributed by atoms with Crippen LogP contribution in [-0.4, -0.2) is 54.9 Å². The van der Waals surface area contributed by atoms with Crippen LogP contribution in [0.4, 0.5) is 0 Å². The molecule has 0 bridgehead atoms. The number of benzene rings is 1. The summed E-state index contributed by atoms with van der Waals surface area (Å²) in [4.78, 5) is 23.1. The largest absolute Gasteiger partial charge is 0.548 e. The fourth-order valence-corrected chi connectivity index (χ4v) is 4.22. The highest BCUT2D eigenvalue weighted by molar-refractivity contribution is 7.89. The molecular weight excluding hydrogens is 360 g/mol. The smallest absolute Gasteiger partial charge is 0.251 e. The molecule has 8 nitrogen and oxygen atoms in total. The molecule has 0 spiro atoms. The predicted octanol–water partition coefficient (Wildman–Crippen LogP) is -0.664. The lowest BCUT2D eigenvalue weighted by Gasteiger charge is -2.29. The predicted molar refractivity (Wildman–Crippen MR) is 91.5 cm³/mol. The Bertz CT molecular complexity index is 752. The zero-order valence-electron chi connectivity index (χ0n) is 14.7. The molecule has 144 valence electrons. The number of aliphatic carboxylic acids is 1. The fraction of sp³-hybridized carbons (Fsp3) is 0.529. The molecule has 1 aliphatic heterocycles. The van der Waals surface area contributed by atoms with E-state index in [0.717, 1.165) is 12.8 Å². The summed E-state index contributed by atoms with van der Waals surface area (Å²) in [6, 6.07) is 3.70. The summed E-state index contributed by atoms with van der Waals surface area (Å²) in [5.74, 6) is -1.85. The first-order valence-corrected chi connectivity index (χ1v) is 9.87. The summed E-state index contributed by atoms with van der Waals surface area (Å²) in [7, 11) is -3.62. The SMILES string of the molecule is CC1CCN(S(=O)(=O)c2ccc(C(=O)N[C@@H](C(=O)[O-])[C@H](C)O)cc2)CC1. The fourth-order valence-electron chi connectivity index (χ4n) is 2.75. The van der Waals surface area contributed by atoms with Gasteiger partial charge in [-0.3, -0.25) is 4.79 Å². The molecule has 2 atom stereocenters. The molecule has 1 aromatic carbocycles. The third kappa shape index (κ3) is 4.60. The number of carbonyl (C=O) groups is 2. The molecule has 1 aliphatic rings. The molecule has 1 amide bonds. The number of amides is 1. The van der Waals surface area contributed by atoms with Gasteiger partial charge < -0.3 is 20.3 Å². The Morgan fingerprint density at radius 2 is 1.77 bits per heavy atom. The number of hydrogen-bond donors (Lipinski definition) is 2. The van der Waals surface area contributed by atoms with Crippen molar-refractivity contribution in [2.45, 2.75) is 43.7 Å². The van der Waals surface area contributed by atoms with Gasteiger partial charge in [0.2, 0.25) is 10.0 Å². The van der Waals surface area contributed by atoms with Crippen LogP contribution in [0.3, 0.4) is 0 Å². The molecule has 26 heavy (non-hydrogen) atoms. The monoisotopic (exact) mass is 383 g/mol. The minimum atomic E-state index is -3.62. The third-order valence-electron chi connectivity index (χ3n) is 4.52. The molecule has 9 heteroatoms. The first-order chi connectivity index (χ1) is 12.1. The molecule has 1 aromatic rings. The van der Waals surface area contributed by atoms with Gasteiger partial charge in [-0.1, -0.05) is 6.92 Å². The van der Waals surface area contributed by atoms with Gasteiger partial charge in [0.25, 0.3) is 5.91 Å². The highest BCUT2D eigenvalue weighted by Crippen LogP contribution is 2.23. The van der Waals surface area contributed by atoms with Crippen molar-refractivity contribution in [3.63, 3.8) is 0 Å². The number of piperidine rings is 1. The molecule has 1 saturated heterocycles. The second-order valence-electron chi connectivity index (χ2n) is 6.62. The van der Waals surface area contributed by atoms with E-state index in [0.29, 0.717) is 19.0 Å². The van der Waals surface area contributed by atoms with Crippen molar-refractivity contribution in [3.8, 4) is 0 Å². The number of carboxylic acids is 1. The van der Waals surface area contributed by atoms with Gasteiger partial charge in [-0.15, -0.1) is 0 Å². The minimum Gasteiger partial charge on any atom is -0.548 e. The number of hydrogen-bond acceptors (Lipinski definition) is 6. The zero-order valence-corrected chi connectivity index (χ0v) is 15.5. The van der Waals surface area contributed by atoms with E-state index in [1.807, 2.05) is 0 Å². The van der Waals surface area contributed by atoms with Gasteiger partial charge in [0.1, 0.15) is 0 Å². The lowest BCUT2D eigenvalue weighted by Crippen LogP contribution is -2.53. The summed E-state index contributed by atoms with van der Waals surface area (Å²) in [5, 5.41) is 22.4. The van der Waals surface area contributed by atoms with Crippen LogP contribution in [0, 0.1) is 5.92 Å². The first-order valence-electron chi connectivity index (χ1n) is 8.43. The van der Waals surface area contributed by atoms with Gasteiger partial charge in [0.15, 0.2) is 0 Å². The molecular formula is C17H23N2O6S-. The molecule has 2 N–H and O–H groups in total. The average Bonchev–Trinajstić information content (AvgIpc) is 2.59. The lowest BCUT2D eigenvalue weighted by atomic mass is 10.0. The highest BCUT2D eigenvalue weighted by atomic mass is 32.2. The topological polar surface area (TPSA) is 127 Å². The van der Waals surface area contributed by atoms with Gasteiger partial charge in [0, 0.05) is 18.7 Å². The molecule has 0 aromatic heterocycles. The quantitative estimate of drug-likeness (QED) is 0.671. The summed E-state index contributed by atoms with van der Waals surface area (Å²) in [5.41, 5.74) is 0.0862. The van der Waals surface area contributed by atoms with Crippen molar-refractivity contribution in [1.82, 2.24) is 9.62 Å². The van der Waals surface area contributed by atoms with Crippen LogP contribution in [0.15, 0.2) is 29.2 Å². The number of aliphatic hydroxyl groups is 1. The van der Waals surface area contributed by atoms with Crippen molar-refractivity contribution >= 4 is 21.9 Å². The number of sulfonamides is 1. The number of nitrogens with one attached hydrogen (secondary N) is 1. The number of rotatable bonds is 6. The normalized spacial score (nSPS) is 18.9. The average molecular weight is 383 g/mol. The van der Waals surface area contributed by atoms with Crippen LogP contribution in [-0.2, 0) is 14.8 Å². The van der Waals surface area contributed by atoms with E-state index in [2.05, 4.69) is 12.2 Å². The summed E-state index contributed by atoms with van der Waals surface area (Å²) in [6.07, 6.45) is 0.290. The maximum Gasteiger partial charge on any atom is 0.251 e. The Hall–Kier alpha value is -1.97. The van der Waals surface area contributed by atoms with Gasteiger partial charge in [0.05, 0.1) is 23.0 Å². The van der Waals surface area contributed by atoms with Crippen molar-refractivity contribution in [1.29, 1.82) is 0 Å². The summed E-state index contributed by atoms with van der Waals surface area (Å²) >= 11 is 0. The van der Waals surface area contributed by atoms with E-state index in [1.54, 1.807) is 0 Å². The van der Waals surface area contributed by atoms with E-state index in [-0.39, 0.29) is 10.5 Å². The van der Waals surface area contributed by atoms with Crippen LogP contribution < -0.4 is 10.4 Å². The lowest BCUT2D eigenvalue weighted by molar-refractivity contribution is -0.310. The Labute approximate surface area is 152 Å². The summed E-state index contributed by atoms with van der Waals surface area (Å²) < 4.78 is 26.7. The van der Waals surface area contributed by atoms with Crippen LogP contribution in [0.25, 0.3) is 0 Å². The van der Waals surface area contributed by atoms with E-state index >= 15 is 0 Å². The zero-order chi connectivity index (χ0) is 19.5. The molecule has 0 aliphatic carbocycles. The maximum atomic E-state index is 12.6. The van der Waals surface area contributed by atoms with Crippen LogP contribution in [0.2, 0.25) is 0 Å². The van der Waals surface area contributed by atoms with E-state index in [9.17, 15) is 28.2 Å². The molecule has 0 radical (unpaired) electrons. The van der Waals surface area contributed by atoms with Crippen molar-refractivity contribution < 1.29 is 28.2 Å². The van der Waals surface area contributed by atoms with Gasteiger partial charge >= 0.3 is 0 Å². The number of nitrogens with zero attached hydrogens (tertiary/aromatic N) is 1. The van der Waals surface area contributed by atoms with Crippen LogP contribution >= 0.6 is 0 Å². The number of aliphatic hydroxyl groups excluding tert-OH is 1. The van der Waals surface area contributed by atoms with E-state index in [4.69, 9.17) is 0 Å². The van der Waals surface area contributed by atoms with Crippen LogP contribution in [0.1, 0.15) is 37.0 Å². The van der Waals surface area contributed by atoms with Crippen molar-refractivity contribution in [3.05, 3.63) is 29.8 Å². The Morgan fingerprint density at radius 1 is 1.23 bits per heavy atom. The van der Waals surface area contributed by atoms with E-state index < -0.39 is 34.0 Å². The summed E-state index contributed by atoms with van der Waals surface area (Å²) in [6.45, 7) is 4.24. The van der Waals surface area contributed by atoms with Gasteiger partial charge in [-0.25, -0.2) is 8.42 Å². The minimum absolute atomic E-state index is 0.0792. The second kappa shape index (κ2) is 8.15. The van der Waals surface area contributed by atoms with Crippen LogP contribution in [0.5, 0.6) is 0 Å². The van der Waals surface area contributed by atoms with Crippen molar-refractivity contribution in [2.75, 3.05) is 13.1 Å². The molecule has 0 saturated carbocycles. The molecule has 2 rings (SSSR count). The maximum absolute atomic E-state index is 12.6. The number of carboxylic acid groups (broad SMARTS) is 1. The standard InChI is InChI=1S/C17H24N2O6S/c1-11-7-9-19(10-8-11)26(24,25)14-5-3-13(4-6-14)16(21)18-15(12(2)20)17(22)23/h3-6,11-12,15,20H,7-10H2,1-2H3,(H,18,21)(H,22,23)/p-1/t12-,15+/m0/s1. The Balaban J connectivity index is 2.12.